The number of nitrogens with zero attached hydrogens (tertiary/aromatic N) is 2. The van der Waals surface area contributed by atoms with E-state index in [4.69, 9.17) is 11.6 Å². The van der Waals surface area contributed by atoms with E-state index in [1.807, 2.05) is 24.9 Å². The summed E-state index contributed by atoms with van der Waals surface area (Å²) in [7, 11) is 0. The minimum atomic E-state index is 0.502. The number of aryl methyl sites for hydroxylation is 1. The highest BCUT2D eigenvalue weighted by atomic mass is 35.5. The minimum absolute atomic E-state index is 0.502. The molecule has 1 atom stereocenters. The number of hydrogen-bond donors (Lipinski definition) is 0. The van der Waals surface area contributed by atoms with Crippen LogP contribution in [0.1, 0.15) is 41.6 Å². The molecule has 0 amide bonds. The van der Waals surface area contributed by atoms with E-state index in [2.05, 4.69) is 9.97 Å². The van der Waals surface area contributed by atoms with Crippen LogP contribution in [-0.2, 0) is 5.88 Å². The lowest BCUT2D eigenvalue weighted by atomic mass is 10.1. The van der Waals surface area contributed by atoms with Gasteiger partial charge in [-0.05, 0) is 25.5 Å². The third kappa shape index (κ3) is 2.64. The van der Waals surface area contributed by atoms with Gasteiger partial charge in [0.1, 0.15) is 5.82 Å². The number of thioether (sulfide) groups is 1. The molecule has 82 valence electrons. The average Bonchev–Trinajstić information content (AvgIpc) is 2.30. The molecule has 0 N–H and O–H groups in total. The fraction of sp³-hybridized carbons (Fsp3) is 0.636. The predicted octanol–water partition coefficient (Wildman–Crippen LogP) is 3.48. The van der Waals surface area contributed by atoms with Crippen molar-refractivity contribution in [3.63, 3.8) is 0 Å². The number of aromatic nitrogens is 2. The zero-order chi connectivity index (χ0) is 10.7. The number of alkyl halides is 1. The van der Waals surface area contributed by atoms with Crippen molar-refractivity contribution in [1.82, 2.24) is 9.97 Å². The van der Waals surface area contributed by atoms with E-state index >= 15 is 0 Å². The summed E-state index contributed by atoms with van der Waals surface area (Å²) in [5, 5.41) is 0.502. The first kappa shape index (κ1) is 11.2. The van der Waals surface area contributed by atoms with E-state index in [-0.39, 0.29) is 0 Å². The van der Waals surface area contributed by atoms with Gasteiger partial charge >= 0.3 is 0 Å². The summed E-state index contributed by atoms with van der Waals surface area (Å²) >= 11 is 7.77. The van der Waals surface area contributed by atoms with Crippen molar-refractivity contribution < 1.29 is 0 Å². The third-order valence-corrected chi connectivity index (χ3v) is 4.37. The summed E-state index contributed by atoms with van der Waals surface area (Å²) in [4.78, 5) is 8.97. The Balaban J connectivity index is 2.17. The van der Waals surface area contributed by atoms with Gasteiger partial charge in [-0.1, -0.05) is 6.42 Å². The van der Waals surface area contributed by atoms with Gasteiger partial charge in [0.15, 0.2) is 0 Å². The fourth-order valence-electron chi connectivity index (χ4n) is 1.74. The van der Waals surface area contributed by atoms with Crippen molar-refractivity contribution in [2.24, 2.45) is 0 Å². The topological polar surface area (TPSA) is 25.8 Å². The molecule has 15 heavy (non-hydrogen) atoms. The zero-order valence-corrected chi connectivity index (χ0v) is 10.4. The molecule has 0 aromatic carbocycles. The second-order valence-electron chi connectivity index (χ2n) is 3.83. The van der Waals surface area contributed by atoms with E-state index in [1.54, 1.807) is 0 Å². The molecule has 2 rings (SSSR count). The fourth-order valence-corrected chi connectivity index (χ4v) is 3.25. The first-order valence-corrected chi connectivity index (χ1v) is 6.89. The Morgan fingerprint density at radius 1 is 1.53 bits per heavy atom. The average molecular weight is 243 g/mol. The molecular formula is C11H15ClN2S. The van der Waals surface area contributed by atoms with Crippen LogP contribution in [0.25, 0.3) is 0 Å². The van der Waals surface area contributed by atoms with Crippen LogP contribution in [0.5, 0.6) is 0 Å². The van der Waals surface area contributed by atoms with E-state index in [9.17, 15) is 0 Å². The summed E-state index contributed by atoms with van der Waals surface area (Å²) in [6.45, 7) is 2.01. The Bertz CT molecular complexity index is 337. The first-order chi connectivity index (χ1) is 7.31. The van der Waals surface area contributed by atoms with Crippen molar-refractivity contribution >= 4 is 23.4 Å². The summed E-state index contributed by atoms with van der Waals surface area (Å²) in [6.07, 6.45) is 5.72. The Kier molecular flexibility index (Phi) is 3.87. The van der Waals surface area contributed by atoms with Crippen LogP contribution in [0.2, 0.25) is 0 Å². The number of hydrogen-bond acceptors (Lipinski definition) is 3. The van der Waals surface area contributed by atoms with Crippen LogP contribution in [0, 0.1) is 6.92 Å². The molecule has 1 aliphatic rings. The Labute approximate surface area is 99.8 Å². The lowest BCUT2D eigenvalue weighted by Gasteiger charge is -2.20. The maximum absolute atomic E-state index is 5.79. The molecule has 0 spiro atoms. The molecule has 4 heteroatoms. The molecule has 1 aromatic heterocycles. The number of halogens is 1. The largest absolute Gasteiger partial charge is 0.240 e. The van der Waals surface area contributed by atoms with Crippen LogP contribution in [0.4, 0.5) is 0 Å². The van der Waals surface area contributed by atoms with Crippen molar-refractivity contribution in [2.45, 2.75) is 37.3 Å². The molecular weight excluding hydrogens is 228 g/mol. The molecule has 1 fully saturated rings. The van der Waals surface area contributed by atoms with Gasteiger partial charge in [-0.25, -0.2) is 9.97 Å². The highest BCUT2D eigenvalue weighted by molar-refractivity contribution is 7.99. The highest BCUT2D eigenvalue weighted by Crippen LogP contribution is 2.36. The molecule has 0 saturated carbocycles. The lowest BCUT2D eigenvalue weighted by Crippen LogP contribution is -2.08. The van der Waals surface area contributed by atoms with Crippen LogP contribution in [0.15, 0.2) is 6.20 Å². The van der Waals surface area contributed by atoms with Crippen molar-refractivity contribution in [2.75, 3.05) is 5.75 Å². The van der Waals surface area contributed by atoms with E-state index in [0.717, 1.165) is 17.1 Å². The van der Waals surface area contributed by atoms with E-state index < -0.39 is 0 Å². The highest BCUT2D eigenvalue weighted by Gasteiger charge is 2.19. The molecule has 1 unspecified atom stereocenters. The van der Waals surface area contributed by atoms with Crippen molar-refractivity contribution in [3.05, 3.63) is 23.3 Å². The first-order valence-electron chi connectivity index (χ1n) is 5.31. The second-order valence-corrected chi connectivity index (χ2v) is 5.41. The maximum atomic E-state index is 5.79. The van der Waals surface area contributed by atoms with Gasteiger partial charge in [0.05, 0.1) is 11.1 Å². The van der Waals surface area contributed by atoms with Gasteiger partial charge in [-0.3, -0.25) is 0 Å². The summed E-state index contributed by atoms with van der Waals surface area (Å²) < 4.78 is 0. The molecule has 0 aliphatic carbocycles. The summed E-state index contributed by atoms with van der Waals surface area (Å²) in [6, 6.07) is 0. The van der Waals surface area contributed by atoms with Crippen molar-refractivity contribution in [1.29, 1.82) is 0 Å². The maximum Gasteiger partial charge on any atom is 0.141 e. The molecule has 1 aliphatic heterocycles. The molecule has 0 radical (unpaired) electrons. The third-order valence-electron chi connectivity index (χ3n) is 2.71. The molecule has 1 saturated heterocycles. The van der Waals surface area contributed by atoms with Crippen LogP contribution in [-0.4, -0.2) is 15.7 Å². The predicted molar refractivity (Wildman–Crippen MR) is 65.4 cm³/mol. The van der Waals surface area contributed by atoms with Crippen LogP contribution in [0.3, 0.4) is 0 Å². The Morgan fingerprint density at radius 2 is 2.40 bits per heavy atom. The van der Waals surface area contributed by atoms with Gasteiger partial charge in [0.2, 0.25) is 0 Å². The normalized spacial score (nSPS) is 21.6. The van der Waals surface area contributed by atoms with Crippen LogP contribution >= 0.6 is 23.4 Å². The van der Waals surface area contributed by atoms with E-state index in [0.29, 0.717) is 11.1 Å². The quantitative estimate of drug-likeness (QED) is 0.743. The van der Waals surface area contributed by atoms with Gasteiger partial charge in [-0.2, -0.15) is 11.8 Å². The molecule has 2 nitrogen and oxygen atoms in total. The second kappa shape index (κ2) is 5.17. The summed E-state index contributed by atoms with van der Waals surface area (Å²) in [5.74, 6) is 2.74. The van der Waals surface area contributed by atoms with Crippen LogP contribution < -0.4 is 0 Å². The molecule has 1 aromatic rings. The van der Waals surface area contributed by atoms with Gasteiger partial charge in [-0.15, -0.1) is 11.6 Å². The van der Waals surface area contributed by atoms with E-state index in [1.165, 1.54) is 25.0 Å². The molecule has 0 bridgehead atoms. The summed E-state index contributed by atoms with van der Waals surface area (Å²) in [5.41, 5.74) is 2.07. The molecule has 2 heterocycles. The SMILES string of the molecule is Cc1nc(C2CCCCS2)ncc1CCl. The minimum Gasteiger partial charge on any atom is -0.240 e. The zero-order valence-electron chi connectivity index (χ0n) is 8.87. The van der Waals surface area contributed by atoms with Gasteiger partial charge in [0, 0.05) is 17.5 Å². The monoisotopic (exact) mass is 242 g/mol. The lowest BCUT2D eigenvalue weighted by molar-refractivity contribution is 0.659. The van der Waals surface area contributed by atoms with Gasteiger partial charge in [0.25, 0.3) is 0 Å². The van der Waals surface area contributed by atoms with Crippen molar-refractivity contribution in [3.8, 4) is 0 Å². The Hall–Kier alpha value is -0.280. The standard InChI is InChI=1S/C11H15ClN2S/c1-8-9(6-12)7-13-11(14-8)10-4-2-3-5-15-10/h7,10H,2-6H2,1H3. The number of rotatable bonds is 2. The smallest absolute Gasteiger partial charge is 0.141 e. The van der Waals surface area contributed by atoms with Gasteiger partial charge < -0.3 is 0 Å². The Morgan fingerprint density at radius 3 is 3.00 bits per heavy atom.